The standard InChI is InChI=1S/C62H117NO5/c1-3-5-7-9-11-13-15-30-34-38-42-46-50-54-60(65)59(58-64)63-61(66)55-51-47-43-39-35-32-28-26-24-22-20-18-17-19-21-23-25-27-29-33-37-41-45-49-53-57-68-62(67)56-52-48-44-40-36-31-16-14-12-10-8-6-4-2/h14,16,18-21,59-60,64-65H,3-13,15,17,22-58H2,1-2H3,(H,63,66)/b16-14-,20-18-,21-19-. The van der Waals surface area contributed by atoms with Crippen molar-refractivity contribution < 1.29 is 24.5 Å². The Kier molecular flexibility index (Phi) is 56.0. The minimum atomic E-state index is -0.668. The summed E-state index contributed by atoms with van der Waals surface area (Å²) in [5, 5.41) is 23.2. The van der Waals surface area contributed by atoms with Crippen molar-refractivity contribution in [1.29, 1.82) is 0 Å². The smallest absolute Gasteiger partial charge is 0.305 e. The molecule has 0 saturated carbocycles. The van der Waals surface area contributed by atoms with Crippen molar-refractivity contribution in [1.82, 2.24) is 5.32 Å². The van der Waals surface area contributed by atoms with Gasteiger partial charge in [-0.15, -0.1) is 0 Å². The van der Waals surface area contributed by atoms with E-state index in [2.05, 4.69) is 55.6 Å². The summed E-state index contributed by atoms with van der Waals surface area (Å²) in [6.45, 7) is 4.93. The Labute approximate surface area is 424 Å². The van der Waals surface area contributed by atoms with Gasteiger partial charge in [0.15, 0.2) is 0 Å². The second kappa shape index (κ2) is 57.7. The van der Waals surface area contributed by atoms with E-state index in [0.29, 0.717) is 25.9 Å². The normalized spacial score (nSPS) is 12.8. The number of esters is 1. The van der Waals surface area contributed by atoms with Crippen LogP contribution < -0.4 is 5.32 Å². The molecular formula is C62H117NO5. The highest BCUT2D eigenvalue weighted by atomic mass is 16.5. The van der Waals surface area contributed by atoms with Crippen LogP contribution in [-0.4, -0.2) is 47.4 Å². The molecule has 0 fully saturated rings. The molecule has 2 unspecified atom stereocenters. The zero-order valence-electron chi connectivity index (χ0n) is 45.6. The highest BCUT2D eigenvalue weighted by Crippen LogP contribution is 2.17. The van der Waals surface area contributed by atoms with E-state index in [1.165, 1.54) is 238 Å². The fraction of sp³-hybridized carbons (Fsp3) is 0.871. The van der Waals surface area contributed by atoms with Crippen molar-refractivity contribution in [2.24, 2.45) is 0 Å². The first-order valence-electron chi connectivity index (χ1n) is 30.2. The topological polar surface area (TPSA) is 95.9 Å². The van der Waals surface area contributed by atoms with E-state index in [-0.39, 0.29) is 18.5 Å². The van der Waals surface area contributed by atoms with Crippen LogP contribution in [0.3, 0.4) is 0 Å². The van der Waals surface area contributed by atoms with Gasteiger partial charge in [0, 0.05) is 12.8 Å². The van der Waals surface area contributed by atoms with Gasteiger partial charge in [0.1, 0.15) is 0 Å². The Morgan fingerprint density at radius 3 is 1.15 bits per heavy atom. The fourth-order valence-corrected chi connectivity index (χ4v) is 9.25. The minimum absolute atomic E-state index is 0.000416. The number of nitrogens with one attached hydrogen (secondary N) is 1. The van der Waals surface area contributed by atoms with Crippen molar-refractivity contribution in [3.05, 3.63) is 36.5 Å². The number of ether oxygens (including phenoxy) is 1. The summed E-state index contributed by atoms with van der Waals surface area (Å²) >= 11 is 0. The van der Waals surface area contributed by atoms with Gasteiger partial charge in [0.25, 0.3) is 0 Å². The summed E-state index contributed by atoms with van der Waals surface area (Å²) in [6.07, 6.45) is 71.5. The molecule has 3 N–H and O–H groups in total. The number of carbonyl (C=O) groups excluding carboxylic acids is 2. The summed E-state index contributed by atoms with van der Waals surface area (Å²) < 4.78 is 5.47. The van der Waals surface area contributed by atoms with Gasteiger partial charge in [-0.05, 0) is 83.5 Å². The van der Waals surface area contributed by atoms with Gasteiger partial charge in [-0.25, -0.2) is 0 Å². The van der Waals surface area contributed by atoms with E-state index in [0.717, 1.165) is 51.4 Å². The Morgan fingerprint density at radius 2 is 0.735 bits per heavy atom. The summed E-state index contributed by atoms with van der Waals surface area (Å²) in [5.41, 5.74) is 0. The minimum Gasteiger partial charge on any atom is -0.466 e. The molecule has 0 radical (unpaired) electrons. The van der Waals surface area contributed by atoms with Gasteiger partial charge < -0.3 is 20.3 Å². The van der Waals surface area contributed by atoms with E-state index in [1.807, 2.05) is 0 Å². The van der Waals surface area contributed by atoms with Crippen LogP contribution in [0.15, 0.2) is 36.5 Å². The molecule has 1 amide bonds. The van der Waals surface area contributed by atoms with Crippen molar-refractivity contribution >= 4 is 11.9 Å². The number of hydrogen-bond acceptors (Lipinski definition) is 5. The van der Waals surface area contributed by atoms with Gasteiger partial charge in [-0.1, -0.05) is 262 Å². The number of aliphatic hydroxyl groups excluding tert-OH is 2. The Hall–Kier alpha value is -1.92. The molecule has 400 valence electrons. The molecule has 6 heteroatoms. The maximum Gasteiger partial charge on any atom is 0.305 e. The Balaban J connectivity index is 3.43. The lowest BCUT2D eigenvalue weighted by atomic mass is 10.0. The number of hydrogen-bond donors (Lipinski definition) is 3. The molecule has 0 saturated heterocycles. The lowest BCUT2D eigenvalue weighted by Crippen LogP contribution is -2.45. The second-order valence-electron chi connectivity index (χ2n) is 20.7. The molecule has 6 nitrogen and oxygen atoms in total. The molecule has 0 aliphatic rings. The molecule has 0 aromatic heterocycles. The van der Waals surface area contributed by atoms with E-state index >= 15 is 0 Å². The van der Waals surface area contributed by atoms with E-state index in [9.17, 15) is 19.8 Å². The second-order valence-corrected chi connectivity index (χ2v) is 20.7. The molecule has 68 heavy (non-hydrogen) atoms. The first kappa shape index (κ1) is 66.1. The summed E-state index contributed by atoms with van der Waals surface area (Å²) in [4.78, 5) is 24.5. The SMILES string of the molecule is CCCCCC/C=C\CCCCCCCC(=O)OCCCCCCCCCCC/C=C\C/C=C\CCCCCCCCCCCC(=O)NC(CO)C(O)CCCCCCCCCCCCCCC. The Morgan fingerprint density at radius 1 is 0.412 bits per heavy atom. The highest BCUT2D eigenvalue weighted by Gasteiger charge is 2.20. The molecule has 0 bridgehead atoms. The number of allylic oxidation sites excluding steroid dienone is 6. The third kappa shape index (κ3) is 53.4. The van der Waals surface area contributed by atoms with Crippen LogP contribution in [0.1, 0.15) is 322 Å². The van der Waals surface area contributed by atoms with E-state index in [4.69, 9.17) is 4.74 Å². The molecule has 0 aliphatic carbocycles. The van der Waals surface area contributed by atoms with Crippen molar-refractivity contribution in [3.63, 3.8) is 0 Å². The van der Waals surface area contributed by atoms with Gasteiger partial charge in [0.05, 0.1) is 25.4 Å². The van der Waals surface area contributed by atoms with Crippen LogP contribution in [0.5, 0.6) is 0 Å². The molecule has 0 aromatic rings. The summed E-state index contributed by atoms with van der Waals surface area (Å²) in [7, 11) is 0. The van der Waals surface area contributed by atoms with E-state index < -0.39 is 12.1 Å². The number of unbranched alkanes of at least 4 members (excludes halogenated alkanes) is 39. The molecule has 0 aliphatic heterocycles. The lowest BCUT2D eigenvalue weighted by Gasteiger charge is -2.22. The third-order valence-corrected chi connectivity index (χ3v) is 13.9. The monoisotopic (exact) mass is 956 g/mol. The van der Waals surface area contributed by atoms with E-state index in [1.54, 1.807) is 0 Å². The average Bonchev–Trinajstić information content (AvgIpc) is 3.34. The molecule has 2 atom stereocenters. The zero-order chi connectivity index (χ0) is 49.3. The van der Waals surface area contributed by atoms with Crippen LogP contribution in [0.2, 0.25) is 0 Å². The number of amides is 1. The quantitative estimate of drug-likeness (QED) is 0.0321. The molecule has 0 rings (SSSR count). The predicted molar refractivity (Wildman–Crippen MR) is 296 cm³/mol. The van der Waals surface area contributed by atoms with Gasteiger partial charge in [0.2, 0.25) is 5.91 Å². The molecule has 0 aromatic carbocycles. The fourth-order valence-electron chi connectivity index (χ4n) is 9.25. The molecule has 0 heterocycles. The van der Waals surface area contributed by atoms with Crippen molar-refractivity contribution in [3.8, 4) is 0 Å². The summed E-state index contributed by atoms with van der Waals surface area (Å²) in [6, 6.07) is -0.545. The van der Waals surface area contributed by atoms with Gasteiger partial charge >= 0.3 is 5.97 Å². The van der Waals surface area contributed by atoms with Crippen LogP contribution in [-0.2, 0) is 14.3 Å². The third-order valence-electron chi connectivity index (χ3n) is 13.9. The van der Waals surface area contributed by atoms with Gasteiger partial charge in [-0.3, -0.25) is 9.59 Å². The van der Waals surface area contributed by atoms with Gasteiger partial charge in [-0.2, -0.15) is 0 Å². The summed E-state index contributed by atoms with van der Waals surface area (Å²) in [5.74, 6) is -0.0412. The maximum absolute atomic E-state index is 12.5. The van der Waals surface area contributed by atoms with Crippen molar-refractivity contribution in [2.75, 3.05) is 13.2 Å². The number of rotatable bonds is 56. The number of carbonyl (C=O) groups is 2. The average molecular weight is 957 g/mol. The lowest BCUT2D eigenvalue weighted by molar-refractivity contribution is -0.143. The molecule has 0 spiro atoms. The highest BCUT2D eigenvalue weighted by molar-refractivity contribution is 5.76. The number of aliphatic hydroxyl groups is 2. The van der Waals surface area contributed by atoms with Crippen LogP contribution in [0.25, 0.3) is 0 Å². The van der Waals surface area contributed by atoms with Crippen LogP contribution >= 0.6 is 0 Å². The largest absolute Gasteiger partial charge is 0.466 e. The molecular weight excluding hydrogens is 839 g/mol. The predicted octanol–water partition coefficient (Wildman–Crippen LogP) is 18.8. The first-order valence-corrected chi connectivity index (χ1v) is 30.2. The van der Waals surface area contributed by atoms with Crippen LogP contribution in [0, 0.1) is 0 Å². The zero-order valence-corrected chi connectivity index (χ0v) is 45.6. The maximum atomic E-state index is 12.5. The Bertz CT molecular complexity index is 1100. The van der Waals surface area contributed by atoms with Crippen LogP contribution in [0.4, 0.5) is 0 Å². The first-order chi connectivity index (χ1) is 33.5. The van der Waals surface area contributed by atoms with Crippen molar-refractivity contribution in [2.45, 2.75) is 334 Å².